The van der Waals surface area contributed by atoms with Crippen LogP contribution in [0.5, 0.6) is 0 Å². The highest BCUT2D eigenvalue weighted by Gasteiger charge is 2.15. The molecule has 0 aliphatic carbocycles. The summed E-state index contributed by atoms with van der Waals surface area (Å²) in [7, 11) is 0. The van der Waals surface area contributed by atoms with Crippen LogP contribution in [0.15, 0.2) is 11.6 Å². The first kappa shape index (κ1) is 10.1. The maximum Gasteiger partial charge on any atom is 0.0937 e. The zero-order valence-corrected chi connectivity index (χ0v) is 9.59. The van der Waals surface area contributed by atoms with Crippen LogP contribution in [-0.4, -0.2) is 29.5 Å². The Morgan fingerprint density at radius 3 is 2.93 bits per heavy atom. The smallest absolute Gasteiger partial charge is 0.0937 e. The molecule has 0 N–H and O–H groups in total. The van der Waals surface area contributed by atoms with E-state index in [0.717, 1.165) is 12.3 Å². The number of hydrogen-bond acceptors (Lipinski definition) is 3. The lowest BCUT2D eigenvalue weighted by molar-refractivity contribution is 0.194. The summed E-state index contributed by atoms with van der Waals surface area (Å²) in [4.78, 5) is 6.88. The SMILES string of the molecule is CC1CCN(CCc2nccs2)CC1. The largest absolute Gasteiger partial charge is 0.303 e. The molecule has 14 heavy (non-hydrogen) atoms. The van der Waals surface area contributed by atoms with Gasteiger partial charge in [0.2, 0.25) is 0 Å². The van der Waals surface area contributed by atoms with E-state index in [4.69, 9.17) is 0 Å². The average molecular weight is 210 g/mol. The van der Waals surface area contributed by atoms with E-state index in [1.54, 1.807) is 11.3 Å². The third-order valence-electron chi connectivity index (χ3n) is 3.00. The lowest BCUT2D eigenvalue weighted by Crippen LogP contribution is -2.34. The summed E-state index contributed by atoms with van der Waals surface area (Å²) in [5.74, 6) is 0.936. The summed E-state index contributed by atoms with van der Waals surface area (Å²) >= 11 is 1.77. The van der Waals surface area contributed by atoms with E-state index in [9.17, 15) is 0 Å². The van der Waals surface area contributed by atoms with Crippen molar-refractivity contribution in [3.8, 4) is 0 Å². The Morgan fingerprint density at radius 1 is 1.50 bits per heavy atom. The van der Waals surface area contributed by atoms with E-state index < -0.39 is 0 Å². The minimum atomic E-state index is 0.936. The van der Waals surface area contributed by atoms with Crippen LogP contribution in [0.25, 0.3) is 0 Å². The number of likely N-dealkylation sites (tertiary alicyclic amines) is 1. The molecule has 0 atom stereocenters. The van der Waals surface area contributed by atoms with Gasteiger partial charge in [-0.3, -0.25) is 0 Å². The number of hydrogen-bond donors (Lipinski definition) is 0. The van der Waals surface area contributed by atoms with Crippen molar-refractivity contribution < 1.29 is 0 Å². The van der Waals surface area contributed by atoms with Crippen molar-refractivity contribution >= 4 is 11.3 Å². The van der Waals surface area contributed by atoms with Crippen LogP contribution in [0.1, 0.15) is 24.8 Å². The van der Waals surface area contributed by atoms with Crippen molar-refractivity contribution in [2.45, 2.75) is 26.2 Å². The normalized spacial score (nSPS) is 20.1. The Kier molecular flexibility index (Phi) is 3.54. The predicted molar refractivity (Wildman–Crippen MR) is 60.7 cm³/mol. The number of thiazole rings is 1. The average Bonchev–Trinajstić information content (AvgIpc) is 2.70. The summed E-state index contributed by atoms with van der Waals surface area (Å²) in [6.07, 6.45) is 5.78. The monoisotopic (exact) mass is 210 g/mol. The van der Waals surface area contributed by atoms with Crippen molar-refractivity contribution in [3.63, 3.8) is 0 Å². The Balaban J connectivity index is 1.71. The molecule has 0 spiro atoms. The van der Waals surface area contributed by atoms with E-state index in [2.05, 4.69) is 22.2 Å². The van der Waals surface area contributed by atoms with Gasteiger partial charge in [0.05, 0.1) is 5.01 Å². The first-order valence-corrected chi connectivity index (χ1v) is 6.33. The van der Waals surface area contributed by atoms with Gasteiger partial charge in [0.15, 0.2) is 0 Å². The maximum atomic E-state index is 4.31. The highest BCUT2D eigenvalue weighted by molar-refractivity contribution is 7.09. The molecule has 3 heteroatoms. The molecule has 2 rings (SSSR count). The number of aromatic nitrogens is 1. The third-order valence-corrected chi connectivity index (χ3v) is 3.84. The molecule has 0 aromatic carbocycles. The molecule has 1 aromatic heterocycles. The van der Waals surface area contributed by atoms with Gasteiger partial charge < -0.3 is 4.90 Å². The van der Waals surface area contributed by atoms with E-state index in [-0.39, 0.29) is 0 Å². The van der Waals surface area contributed by atoms with Crippen molar-refractivity contribution in [1.82, 2.24) is 9.88 Å². The van der Waals surface area contributed by atoms with Crippen LogP contribution < -0.4 is 0 Å². The molecule has 0 bridgehead atoms. The predicted octanol–water partition coefficient (Wildman–Crippen LogP) is 2.42. The van der Waals surface area contributed by atoms with Gasteiger partial charge in [0.25, 0.3) is 0 Å². The molecule has 1 aliphatic rings. The minimum Gasteiger partial charge on any atom is -0.303 e. The van der Waals surface area contributed by atoms with Gasteiger partial charge in [-0.25, -0.2) is 4.98 Å². The molecule has 0 amide bonds. The molecule has 0 unspecified atom stereocenters. The lowest BCUT2D eigenvalue weighted by Gasteiger charge is -2.29. The van der Waals surface area contributed by atoms with Crippen molar-refractivity contribution in [3.05, 3.63) is 16.6 Å². The third kappa shape index (κ3) is 2.79. The van der Waals surface area contributed by atoms with Gasteiger partial charge in [-0.05, 0) is 31.8 Å². The molecule has 1 aromatic rings. The molecule has 78 valence electrons. The van der Waals surface area contributed by atoms with Gasteiger partial charge in [-0.1, -0.05) is 6.92 Å². The lowest BCUT2D eigenvalue weighted by atomic mass is 9.99. The number of rotatable bonds is 3. The Hall–Kier alpha value is -0.410. The molecule has 1 aliphatic heterocycles. The minimum absolute atomic E-state index is 0.936. The second kappa shape index (κ2) is 4.89. The Morgan fingerprint density at radius 2 is 2.29 bits per heavy atom. The van der Waals surface area contributed by atoms with Crippen LogP contribution in [0.2, 0.25) is 0 Å². The summed E-state index contributed by atoms with van der Waals surface area (Å²) in [5.41, 5.74) is 0. The second-order valence-corrected chi connectivity index (χ2v) is 5.18. The zero-order valence-electron chi connectivity index (χ0n) is 8.78. The first-order valence-electron chi connectivity index (χ1n) is 5.45. The molecule has 0 saturated carbocycles. The number of piperidine rings is 1. The molecule has 0 radical (unpaired) electrons. The highest BCUT2D eigenvalue weighted by atomic mass is 32.1. The van der Waals surface area contributed by atoms with Crippen LogP contribution in [0.4, 0.5) is 0 Å². The fourth-order valence-corrected chi connectivity index (χ4v) is 2.53. The summed E-state index contributed by atoms with van der Waals surface area (Å²) in [5, 5.41) is 3.34. The molecule has 1 fully saturated rings. The maximum absolute atomic E-state index is 4.31. The fraction of sp³-hybridized carbons (Fsp3) is 0.727. The molecule has 2 heterocycles. The topological polar surface area (TPSA) is 16.1 Å². The zero-order chi connectivity index (χ0) is 9.80. The second-order valence-electron chi connectivity index (χ2n) is 4.20. The van der Waals surface area contributed by atoms with Crippen LogP contribution in [0, 0.1) is 5.92 Å². The van der Waals surface area contributed by atoms with Gasteiger partial charge in [-0.15, -0.1) is 11.3 Å². The molecule has 1 saturated heterocycles. The van der Waals surface area contributed by atoms with Crippen molar-refractivity contribution in [2.24, 2.45) is 5.92 Å². The summed E-state index contributed by atoms with van der Waals surface area (Å²) < 4.78 is 0. The Bertz CT molecular complexity index is 250. The molecule has 2 nitrogen and oxygen atoms in total. The van der Waals surface area contributed by atoms with Gasteiger partial charge >= 0.3 is 0 Å². The fourth-order valence-electron chi connectivity index (χ4n) is 1.92. The van der Waals surface area contributed by atoms with Crippen LogP contribution in [-0.2, 0) is 6.42 Å². The highest BCUT2D eigenvalue weighted by Crippen LogP contribution is 2.16. The van der Waals surface area contributed by atoms with Gasteiger partial charge in [0, 0.05) is 24.5 Å². The van der Waals surface area contributed by atoms with Crippen LogP contribution >= 0.6 is 11.3 Å². The van der Waals surface area contributed by atoms with Gasteiger partial charge in [-0.2, -0.15) is 0 Å². The quantitative estimate of drug-likeness (QED) is 0.761. The van der Waals surface area contributed by atoms with E-state index in [1.807, 2.05) is 6.20 Å². The van der Waals surface area contributed by atoms with Crippen molar-refractivity contribution in [1.29, 1.82) is 0 Å². The van der Waals surface area contributed by atoms with Crippen molar-refractivity contribution in [2.75, 3.05) is 19.6 Å². The summed E-state index contributed by atoms with van der Waals surface area (Å²) in [6, 6.07) is 0. The number of nitrogens with zero attached hydrogens (tertiary/aromatic N) is 2. The molecular formula is C11H18N2S. The van der Waals surface area contributed by atoms with E-state index >= 15 is 0 Å². The standard InChI is InChI=1S/C11H18N2S/c1-10-2-6-13(7-3-10)8-4-11-12-5-9-14-11/h5,9-10H,2-4,6-8H2,1H3. The van der Waals surface area contributed by atoms with Crippen LogP contribution in [0.3, 0.4) is 0 Å². The summed E-state index contributed by atoms with van der Waals surface area (Å²) in [6.45, 7) is 6.12. The van der Waals surface area contributed by atoms with Gasteiger partial charge in [0.1, 0.15) is 0 Å². The van der Waals surface area contributed by atoms with E-state index in [0.29, 0.717) is 0 Å². The molecular weight excluding hydrogens is 192 g/mol. The first-order chi connectivity index (χ1) is 6.84. The van der Waals surface area contributed by atoms with E-state index in [1.165, 1.54) is 37.5 Å². The Labute approximate surface area is 90.0 Å².